The van der Waals surface area contributed by atoms with E-state index in [2.05, 4.69) is 66.1 Å². The van der Waals surface area contributed by atoms with Crippen LogP contribution in [0.5, 0.6) is 0 Å². The van der Waals surface area contributed by atoms with Gasteiger partial charge >= 0.3 is 0 Å². The number of nitrogens with zero attached hydrogens (tertiary/aromatic N) is 1. The van der Waals surface area contributed by atoms with Crippen LogP contribution in [0, 0.1) is 34.5 Å². The minimum atomic E-state index is -1.57. The van der Waals surface area contributed by atoms with E-state index in [0.717, 1.165) is 18.8 Å². The van der Waals surface area contributed by atoms with Gasteiger partial charge in [0, 0.05) is 12.0 Å². The molecule has 3 fully saturated rings. The molecule has 0 heterocycles. The van der Waals surface area contributed by atoms with Crippen molar-refractivity contribution in [1.82, 2.24) is 0 Å². The van der Waals surface area contributed by atoms with Crippen molar-refractivity contribution >= 4 is 22.3 Å². The van der Waals surface area contributed by atoms with Crippen molar-refractivity contribution in [2.75, 3.05) is 7.11 Å². The van der Waals surface area contributed by atoms with E-state index in [1.54, 1.807) is 12.7 Å². The molecule has 0 saturated heterocycles. The normalized spacial score (nSPS) is 42.5. The fourth-order valence-electron chi connectivity index (χ4n) is 8.76. The molecule has 3 unspecified atom stereocenters. The molecule has 194 valence electrons. The third-order valence-corrected chi connectivity index (χ3v) is 11.8. The lowest BCUT2D eigenvalue weighted by atomic mass is 9.46. The molecule has 0 spiro atoms. The van der Waals surface area contributed by atoms with Crippen LogP contribution in [-0.4, -0.2) is 41.7 Å². The highest BCUT2D eigenvalue weighted by Gasteiger charge is 2.62. The standard InChI is InChI=1S/C28H51NO3Si2/c1-19(31-33(5,6)7)23-13-14-24-22-12-11-20-17-21(32-34(8,9)10)15-16-27(20,2)26(22)25(29-30-4)18-28(23,24)3/h17,19,21-24,26H,11-16,18H2,1-10H3/t19-,21+,22?,23-,24?,26?,27+,28-/m1/s1. The van der Waals surface area contributed by atoms with Crippen molar-refractivity contribution in [3.63, 3.8) is 0 Å². The fourth-order valence-corrected chi connectivity index (χ4v) is 11.1. The zero-order valence-corrected chi connectivity index (χ0v) is 25.7. The van der Waals surface area contributed by atoms with Gasteiger partial charge in [0.05, 0.1) is 11.8 Å². The van der Waals surface area contributed by atoms with Crippen molar-refractivity contribution in [3.05, 3.63) is 11.6 Å². The first-order chi connectivity index (χ1) is 15.7. The van der Waals surface area contributed by atoms with E-state index in [1.807, 2.05) is 0 Å². The van der Waals surface area contributed by atoms with Gasteiger partial charge in [-0.3, -0.25) is 0 Å². The Morgan fingerprint density at radius 2 is 1.71 bits per heavy atom. The minimum absolute atomic E-state index is 0.194. The minimum Gasteiger partial charge on any atom is -0.415 e. The van der Waals surface area contributed by atoms with Crippen LogP contribution in [-0.2, 0) is 13.7 Å². The van der Waals surface area contributed by atoms with Crippen molar-refractivity contribution in [2.45, 2.75) is 117 Å². The first-order valence-corrected chi connectivity index (χ1v) is 20.7. The maximum Gasteiger partial charge on any atom is 0.184 e. The Morgan fingerprint density at radius 1 is 1.00 bits per heavy atom. The molecular weight excluding hydrogens is 454 g/mol. The Morgan fingerprint density at radius 3 is 2.32 bits per heavy atom. The van der Waals surface area contributed by atoms with E-state index in [1.165, 1.54) is 37.8 Å². The Labute approximate surface area is 211 Å². The zero-order chi connectivity index (χ0) is 25.1. The van der Waals surface area contributed by atoms with E-state index in [-0.39, 0.29) is 10.8 Å². The van der Waals surface area contributed by atoms with E-state index in [0.29, 0.717) is 30.0 Å². The summed E-state index contributed by atoms with van der Waals surface area (Å²) >= 11 is 0. The maximum absolute atomic E-state index is 6.67. The van der Waals surface area contributed by atoms with E-state index in [4.69, 9.17) is 18.8 Å². The monoisotopic (exact) mass is 505 g/mol. The molecule has 0 bridgehead atoms. The van der Waals surface area contributed by atoms with Crippen LogP contribution in [0.25, 0.3) is 0 Å². The number of allylic oxidation sites excluding steroid dienone is 1. The van der Waals surface area contributed by atoms with Crippen LogP contribution in [0.3, 0.4) is 0 Å². The van der Waals surface area contributed by atoms with Crippen LogP contribution in [0.4, 0.5) is 0 Å². The predicted molar refractivity (Wildman–Crippen MR) is 147 cm³/mol. The average Bonchev–Trinajstić information content (AvgIpc) is 3.02. The summed E-state index contributed by atoms with van der Waals surface area (Å²) in [5, 5.41) is 4.79. The molecule has 6 heteroatoms. The van der Waals surface area contributed by atoms with Gasteiger partial charge in [-0.05, 0) is 120 Å². The van der Waals surface area contributed by atoms with E-state index in [9.17, 15) is 0 Å². The molecule has 0 aromatic rings. The summed E-state index contributed by atoms with van der Waals surface area (Å²) < 4.78 is 13.2. The predicted octanol–water partition coefficient (Wildman–Crippen LogP) is 7.64. The SMILES string of the molecule is CON=C1C[C@@]2(C)C(CC[C@@H]2[C@@H](C)O[Si](C)(C)C)C2CCC3=C[C@@H](O[Si](C)(C)C)CC[C@]3(C)C12. The Balaban J connectivity index is 1.65. The van der Waals surface area contributed by atoms with Gasteiger partial charge < -0.3 is 13.7 Å². The second-order valence-corrected chi connectivity index (χ2v) is 23.2. The van der Waals surface area contributed by atoms with Gasteiger partial charge in [0.25, 0.3) is 0 Å². The molecular formula is C28H51NO3Si2. The molecule has 8 atom stereocenters. The fraction of sp³-hybridized carbons (Fsp3) is 0.893. The van der Waals surface area contributed by atoms with E-state index < -0.39 is 16.6 Å². The number of fused-ring (bicyclic) bond motifs is 5. The van der Waals surface area contributed by atoms with Crippen LogP contribution >= 0.6 is 0 Å². The van der Waals surface area contributed by atoms with Gasteiger partial charge in [-0.25, -0.2) is 0 Å². The molecule has 4 rings (SSSR count). The van der Waals surface area contributed by atoms with Crippen molar-refractivity contribution < 1.29 is 13.7 Å². The molecule has 4 aliphatic carbocycles. The maximum atomic E-state index is 6.67. The third kappa shape index (κ3) is 4.90. The molecule has 34 heavy (non-hydrogen) atoms. The molecule has 0 radical (unpaired) electrons. The van der Waals surface area contributed by atoms with Gasteiger partial charge in [0.2, 0.25) is 0 Å². The summed E-state index contributed by atoms with van der Waals surface area (Å²) in [4.78, 5) is 5.54. The van der Waals surface area contributed by atoms with Crippen LogP contribution in [0.1, 0.15) is 65.7 Å². The first kappa shape index (κ1) is 26.6. The van der Waals surface area contributed by atoms with Crippen LogP contribution < -0.4 is 0 Å². The lowest BCUT2D eigenvalue weighted by molar-refractivity contribution is -0.0189. The van der Waals surface area contributed by atoms with Crippen molar-refractivity contribution in [3.8, 4) is 0 Å². The van der Waals surface area contributed by atoms with Gasteiger partial charge in [-0.2, -0.15) is 0 Å². The Hall–Kier alpha value is -0.436. The lowest BCUT2D eigenvalue weighted by Crippen LogP contribution is -2.56. The summed E-state index contributed by atoms with van der Waals surface area (Å²) in [6, 6.07) is 0. The highest BCUT2D eigenvalue weighted by Crippen LogP contribution is 2.66. The topological polar surface area (TPSA) is 40.0 Å². The highest BCUT2D eigenvalue weighted by molar-refractivity contribution is 6.70. The molecule has 0 aromatic heterocycles. The van der Waals surface area contributed by atoms with Gasteiger partial charge in [-0.1, -0.05) is 30.7 Å². The summed E-state index contributed by atoms with van der Waals surface area (Å²) in [6.45, 7) is 21.4. The lowest BCUT2D eigenvalue weighted by Gasteiger charge is -2.59. The summed E-state index contributed by atoms with van der Waals surface area (Å²) in [5.41, 5.74) is 3.42. The Kier molecular flexibility index (Phi) is 7.16. The summed E-state index contributed by atoms with van der Waals surface area (Å²) in [6.07, 6.45) is 11.7. The van der Waals surface area contributed by atoms with E-state index >= 15 is 0 Å². The number of hydrogen-bond donors (Lipinski definition) is 0. The molecule has 3 saturated carbocycles. The van der Waals surface area contributed by atoms with Gasteiger partial charge in [0.15, 0.2) is 16.6 Å². The van der Waals surface area contributed by atoms with Gasteiger partial charge in [-0.15, -0.1) is 0 Å². The molecule has 4 nitrogen and oxygen atoms in total. The summed E-state index contributed by atoms with van der Waals surface area (Å²) in [5.74, 6) is 2.58. The molecule has 0 aromatic carbocycles. The Bertz CT molecular complexity index is 828. The van der Waals surface area contributed by atoms with Crippen LogP contribution in [0.15, 0.2) is 16.8 Å². The third-order valence-electron chi connectivity index (χ3n) is 9.67. The van der Waals surface area contributed by atoms with Gasteiger partial charge in [0.1, 0.15) is 7.11 Å². The number of oxime groups is 1. The molecule has 0 N–H and O–H groups in total. The average molecular weight is 506 g/mol. The smallest absolute Gasteiger partial charge is 0.184 e. The van der Waals surface area contributed by atoms with Crippen molar-refractivity contribution in [2.24, 2.45) is 39.7 Å². The molecule has 4 aliphatic rings. The second kappa shape index (κ2) is 9.14. The molecule has 0 amide bonds. The molecule has 0 aliphatic heterocycles. The van der Waals surface area contributed by atoms with Crippen molar-refractivity contribution in [1.29, 1.82) is 0 Å². The highest BCUT2D eigenvalue weighted by atomic mass is 28.4. The number of rotatable bonds is 6. The summed E-state index contributed by atoms with van der Waals surface area (Å²) in [7, 11) is -1.39. The second-order valence-electron chi connectivity index (χ2n) is 14.3. The largest absolute Gasteiger partial charge is 0.415 e. The number of hydrogen-bond acceptors (Lipinski definition) is 4. The van der Waals surface area contributed by atoms with Crippen LogP contribution in [0.2, 0.25) is 39.3 Å². The first-order valence-electron chi connectivity index (χ1n) is 13.8. The quantitative estimate of drug-likeness (QED) is 0.211. The zero-order valence-electron chi connectivity index (χ0n) is 23.7.